The van der Waals surface area contributed by atoms with Crippen LogP contribution in [-0.2, 0) is 6.54 Å². The van der Waals surface area contributed by atoms with Crippen LogP contribution in [0.1, 0.15) is 29.0 Å². The number of halogens is 3. The van der Waals surface area contributed by atoms with E-state index in [2.05, 4.69) is 24.9 Å². The van der Waals surface area contributed by atoms with Crippen molar-refractivity contribution in [1.82, 2.24) is 15.3 Å². The molecule has 2 heterocycles. The van der Waals surface area contributed by atoms with Crippen LogP contribution in [0.5, 0.6) is 5.75 Å². The third-order valence-electron chi connectivity index (χ3n) is 3.89. The molecule has 1 aromatic carbocycles. The van der Waals surface area contributed by atoms with E-state index in [4.69, 9.17) is 0 Å². The van der Waals surface area contributed by atoms with Gasteiger partial charge in [0.25, 0.3) is 5.91 Å². The van der Waals surface area contributed by atoms with Gasteiger partial charge in [0.15, 0.2) is 0 Å². The molecule has 0 saturated carbocycles. The number of para-hydroxylation sites is 1. The molecule has 1 fully saturated rings. The first-order valence-corrected chi connectivity index (χ1v) is 8.12. The van der Waals surface area contributed by atoms with E-state index in [0.29, 0.717) is 5.82 Å². The summed E-state index contributed by atoms with van der Waals surface area (Å²) in [7, 11) is 0. The van der Waals surface area contributed by atoms with Crippen LogP contribution in [0.2, 0.25) is 0 Å². The Morgan fingerprint density at radius 3 is 2.65 bits per heavy atom. The van der Waals surface area contributed by atoms with Gasteiger partial charge >= 0.3 is 6.36 Å². The number of carbonyl (C=O) groups is 1. The van der Waals surface area contributed by atoms with E-state index in [1.807, 2.05) is 0 Å². The van der Waals surface area contributed by atoms with Gasteiger partial charge in [0.2, 0.25) is 0 Å². The zero-order valence-electron chi connectivity index (χ0n) is 13.8. The summed E-state index contributed by atoms with van der Waals surface area (Å²) in [5.41, 5.74) is -0.208. The van der Waals surface area contributed by atoms with Crippen molar-refractivity contribution < 1.29 is 22.7 Å². The highest BCUT2D eigenvalue weighted by molar-refractivity contribution is 5.96. The van der Waals surface area contributed by atoms with E-state index < -0.39 is 18.0 Å². The molecule has 1 saturated heterocycles. The van der Waals surface area contributed by atoms with E-state index in [1.165, 1.54) is 18.2 Å². The molecule has 1 N–H and O–H groups in total. The maximum atomic E-state index is 12.4. The van der Waals surface area contributed by atoms with Crippen molar-refractivity contribution in [3.63, 3.8) is 0 Å². The fourth-order valence-corrected chi connectivity index (χ4v) is 2.72. The van der Waals surface area contributed by atoms with Gasteiger partial charge in [-0.2, -0.15) is 0 Å². The lowest BCUT2D eigenvalue weighted by atomic mass is 10.2. The fourth-order valence-electron chi connectivity index (χ4n) is 2.72. The molecule has 26 heavy (non-hydrogen) atoms. The van der Waals surface area contributed by atoms with Gasteiger partial charge in [-0.15, -0.1) is 13.2 Å². The second-order valence-electron chi connectivity index (χ2n) is 5.75. The first kappa shape index (κ1) is 18.0. The van der Waals surface area contributed by atoms with E-state index in [0.717, 1.165) is 37.8 Å². The maximum Gasteiger partial charge on any atom is 0.573 e. The number of aromatic nitrogens is 2. The lowest BCUT2D eigenvalue weighted by Crippen LogP contribution is -2.27. The van der Waals surface area contributed by atoms with Crippen LogP contribution < -0.4 is 15.0 Å². The van der Waals surface area contributed by atoms with E-state index >= 15 is 0 Å². The Balaban J connectivity index is 1.67. The van der Waals surface area contributed by atoms with Crippen molar-refractivity contribution in [3.8, 4) is 5.75 Å². The Morgan fingerprint density at radius 2 is 1.92 bits per heavy atom. The number of amides is 1. The number of benzene rings is 1. The summed E-state index contributed by atoms with van der Waals surface area (Å²) in [6, 6.07) is 6.97. The van der Waals surface area contributed by atoms with Crippen molar-refractivity contribution in [1.29, 1.82) is 0 Å². The molecule has 0 atom stereocenters. The molecular formula is C17H17F3N4O2. The highest BCUT2D eigenvalue weighted by atomic mass is 19.4. The monoisotopic (exact) mass is 366 g/mol. The van der Waals surface area contributed by atoms with Gasteiger partial charge < -0.3 is 15.0 Å². The second kappa shape index (κ2) is 7.59. The zero-order valence-corrected chi connectivity index (χ0v) is 13.8. The summed E-state index contributed by atoms with van der Waals surface area (Å²) < 4.78 is 41.2. The third-order valence-corrected chi connectivity index (χ3v) is 3.89. The average molecular weight is 366 g/mol. The summed E-state index contributed by atoms with van der Waals surface area (Å²) in [4.78, 5) is 22.9. The van der Waals surface area contributed by atoms with Crippen LogP contribution in [0.3, 0.4) is 0 Å². The first-order valence-electron chi connectivity index (χ1n) is 8.12. The normalized spacial score (nSPS) is 14.3. The number of nitrogens with one attached hydrogen (secondary N) is 1. The molecule has 9 heteroatoms. The van der Waals surface area contributed by atoms with Crippen molar-refractivity contribution in [2.24, 2.45) is 0 Å². The number of carbonyl (C=O) groups excluding carboxylic acids is 1. The van der Waals surface area contributed by atoms with Crippen molar-refractivity contribution in [2.45, 2.75) is 25.7 Å². The lowest BCUT2D eigenvalue weighted by molar-refractivity contribution is -0.274. The van der Waals surface area contributed by atoms with Gasteiger partial charge in [0, 0.05) is 19.3 Å². The molecule has 138 valence electrons. The Bertz CT molecular complexity index is 777. The molecule has 0 unspecified atom stereocenters. The maximum absolute atomic E-state index is 12.4. The summed E-state index contributed by atoms with van der Waals surface area (Å²) in [5, 5.41) is 2.53. The van der Waals surface area contributed by atoms with E-state index in [-0.39, 0.29) is 12.1 Å². The highest BCUT2D eigenvalue weighted by Gasteiger charge is 2.32. The predicted octanol–water partition coefficient (Wildman–Crippen LogP) is 2.91. The number of anilines is 1. The SMILES string of the molecule is O=C(NCc1nccc(N2CCCC2)n1)c1ccccc1OC(F)(F)F. The summed E-state index contributed by atoms with van der Waals surface area (Å²) in [6.45, 7) is 1.84. The molecule has 6 nitrogen and oxygen atoms in total. The van der Waals surface area contributed by atoms with Crippen molar-refractivity contribution >= 4 is 11.7 Å². The first-order chi connectivity index (χ1) is 12.4. The number of nitrogens with zero attached hydrogens (tertiary/aromatic N) is 3. The summed E-state index contributed by atoms with van der Waals surface area (Å²) in [6.07, 6.45) is -1.06. The molecule has 0 radical (unpaired) electrons. The van der Waals surface area contributed by atoms with E-state index in [9.17, 15) is 18.0 Å². The molecule has 1 aromatic heterocycles. The minimum Gasteiger partial charge on any atom is -0.405 e. The second-order valence-corrected chi connectivity index (χ2v) is 5.75. The van der Waals surface area contributed by atoms with Crippen molar-refractivity contribution in [3.05, 3.63) is 47.9 Å². The molecule has 0 aliphatic carbocycles. The van der Waals surface area contributed by atoms with Crippen molar-refractivity contribution in [2.75, 3.05) is 18.0 Å². The standard InChI is InChI=1S/C17H17F3N4O2/c18-17(19,20)26-13-6-2-1-5-12(13)16(25)22-11-14-21-8-7-15(23-14)24-9-3-4-10-24/h1-2,5-8H,3-4,9-11H2,(H,22,25). The number of hydrogen-bond donors (Lipinski definition) is 1. The Labute approximate surface area is 148 Å². The molecule has 0 bridgehead atoms. The largest absolute Gasteiger partial charge is 0.573 e. The average Bonchev–Trinajstić information content (AvgIpc) is 3.14. The Morgan fingerprint density at radius 1 is 1.19 bits per heavy atom. The van der Waals surface area contributed by atoms with Gasteiger partial charge in [-0.05, 0) is 31.0 Å². The molecule has 1 amide bonds. The summed E-state index contributed by atoms with van der Waals surface area (Å²) >= 11 is 0. The molecule has 2 aromatic rings. The van der Waals surface area contributed by atoms with Gasteiger partial charge in [0.05, 0.1) is 12.1 Å². The topological polar surface area (TPSA) is 67.4 Å². The molecular weight excluding hydrogens is 349 g/mol. The summed E-state index contributed by atoms with van der Waals surface area (Å²) in [5.74, 6) is -0.0798. The lowest BCUT2D eigenvalue weighted by Gasteiger charge is -2.16. The number of rotatable bonds is 5. The number of alkyl halides is 3. The Hall–Kier alpha value is -2.84. The minimum atomic E-state index is -4.87. The van der Waals surface area contributed by atoms with Gasteiger partial charge in [-0.1, -0.05) is 12.1 Å². The van der Waals surface area contributed by atoms with Crippen LogP contribution in [0, 0.1) is 0 Å². The van der Waals surface area contributed by atoms with Gasteiger partial charge in [-0.3, -0.25) is 4.79 Å². The molecule has 1 aliphatic heterocycles. The van der Waals surface area contributed by atoms with Crippen LogP contribution in [0.25, 0.3) is 0 Å². The molecule has 3 rings (SSSR count). The fraction of sp³-hybridized carbons (Fsp3) is 0.353. The third kappa shape index (κ3) is 4.62. The zero-order chi connectivity index (χ0) is 18.6. The number of ether oxygens (including phenoxy) is 1. The highest BCUT2D eigenvalue weighted by Crippen LogP contribution is 2.26. The van der Waals surface area contributed by atoms with Gasteiger partial charge in [-0.25, -0.2) is 9.97 Å². The van der Waals surface area contributed by atoms with Crippen LogP contribution in [-0.4, -0.2) is 35.3 Å². The minimum absolute atomic E-state index is 0.000859. The van der Waals surface area contributed by atoms with Crippen LogP contribution in [0.15, 0.2) is 36.5 Å². The predicted molar refractivity (Wildman–Crippen MR) is 87.8 cm³/mol. The van der Waals surface area contributed by atoms with Crippen LogP contribution >= 0.6 is 0 Å². The number of hydrogen-bond acceptors (Lipinski definition) is 5. The molecule has 0 spiro atoms. The molecule has 1 aliphatic rings. The smallest absolute Gasteiger partial charge is 0.405 e. The van der Waals surface area contributed by atoms with E-state index in [1.54, 1.807) is 12.3 Å². The van der Waals surface area contributed by atoms with Crippen LogP contribution in [0.4, 0.5) is 19.0 Å². The van der Waals surface area contributed by atoms with Gasteiger partial charge in [0.1, 0.15) is 17.4 Å². The Kier molecular flexibility index (Phi) is 5.24. The quantitative estimate of drug-likeness (QED) is 0.881.